The van der Waals surface area contributed by atoms with E-state index in [0.29, 0.717) is 24.5 Å². The molecule has 1 fully saturated rings. The molecule has 24 heavy (non-hydrogen) atoms. The number of carbonyl (C=O) groups is 1. The van der Waals surface area contributed by atoms with Crippen LogP contribution in [0, 0.1) is 0 Å². The van der Waals surface area contributed by atoms with Crippen molar-refractivity contribution in [2.75, 3.05) is 18.4 Å². The van der Waals surface area contributed by atoms with E-state index in [0.717, 1.165) is 17.3 Å². The van der Waals surface area contributed by atoms with Crippen molar-refractivity contribution in [3.63, 3.8) is 0 Å². The smallest absolute Gasteiger partial charge is 0.272 e. The van der Waals surface area contributed by atoms with Gasteiger partial charge in [-0.05, 0) is 37.1 Å². The molecule has 1 aromatic heterocycles. The lowest BCUT2D eigenvalue weighted by atomic mass is 10.3. The van der Waals surface area contributed by atoms with Crippen molar-refractivity contribution in [3.05, 3.63) is 46.7 Å². The summed E-state index contributed by atoms with van der Waals surface area (Å²) < 4.78 is 29.1. The maximum Gasteiger partial charge on any atom is 0.272 e. The van der Waals surface area contributed by atoms with Crippen LogP contribution in [0.15, 0.2) is 45.9 Å². The van der Waals surface area contributed by atoms with Crippen LogP contribution >= 0.6 is 15.9 Å². The first-order chi connectivity index (χ1) is 11.4. The maximum atomic E-state index is 12.6. The zero-order valence-electron chi connectivity index (χ0n) is 13.2. The highest BCUT2D eigenvalue weighted by Gasteiger charge is 2.29. The molecule has 0 atom stereocenters. The number of nitrogens with one attached hydrogen (secondary N) is 1. The van der Waals surface area contributed by atoms with Crippen molar-refractivity contribution in [3.8, 4) is 0 Å². The van der Waals surface area contributed by atoms with Crippen molar-refractivity contribution in [1.82, 2.24) is 8.87 Å². The number of benzene rings is 1. The van der Waals surface area contributed by atoms with Crippen LogP contribution in [0.5, 0.6) is 0 Å². The van der Waals surface area contributed by atoms with Crippen LogP contribution in [0.3, 0.4) is 0 Å². The van der Waals surface area contributed by atoms with Crippen molar-refractivity contribution in [1.29, 1.82) is 0 Å². The van der Waals surface area contributed by atoms with Gasteiger partial charge in [0.25, 0.3) is 5.91 Å². The zero-order chi connectivity index (χ0) is 17.3. The van der Waals surface area contributed by atoms with E-state index in [4.69, 9.17) is 0 Å². The molecule has 0 radical (unpaired) electrons. The lowest BCUT2D eigenvalue weighted by Crippen LogP contribution is -2.27. The average molecular weight is 412 g/mol. The predicted octanol–water partition coefficient (Wildman–Crippen LogP) is 2.82. The van der Waals surface area contributed by atoms with Gasteiger partial charge in [0, 0.05) is 36.5 Å². The van der Waals surface area contributed by atoms with E-state index in [1.165, 1.54) is 21.1 Å². The minimum atomic E-state index is -3.53. The van der Waals surface area contributed by atoms with Crippen molar-refractivity contribution in [2.24, 2.45) is 7.05 Å². The lowest BCUT2D eigenvalue weighted by Gasteiger charge is -2.13. The maximum absolute atomic E-state index is 12.6. The van der Waals surface area contributed by atoms with Gasteiger partial charge >= 0.3 is 0 Å². The highest BCUT2D eigenvalue weighted by Crippen LogP contribution is 2.23. The average Bonchev–Trinajstić information content (AvgIpc) is 3.17. The third kappa shape index (κ3) is 3.40. The quantitative estimate of drug-likeness (QED) is 0.840. The van der Waals surface area contributed by atoms with E-state index in [1.54, 1.807) is 19.2 Å². The van der Waals surface area contributed by atoms with Crippen molar-refractivity contribution >= 4 is 37.5 Å². The molecule has 1 N–H and O–H groups in total. The monoisotopic (exact) mass is 411 g/mol. The Morgan fingerprint density at radius 1 is 1.21 bits per heavy atom. The highest BCUT2D eigenvalue weighted by molar-refractivity contribution is 9.10. The summed E-state index contributed by atoms with van der Waals surface area (Å²) in [6, 6.07) is 8.66. The molecule has 2 heterocycles. The van der Waals surface area contributed by atoms with Gasteiger partial charge in [0.1, 0.15) is 10.6 Å². The molecular formula is C16H18BrN3O3S. The predicted molar refractivity (Wildman–Crippen MR) is 95.5 cm³/mol. The van der Waals surface area contributed by atoms with E-state index >= 15 is 0 Å². The zero-order valence-corrected chi connectivity index (χ0v) is 15.6. The topological polar surface area (TPSA) is 71.4 Å². The first-order valence-corrected chi connectivity index (χ1v) is 9.85. The van der Waals surface area contributed by atoms with Crippen molar-refractivity contribution < 1.29 is 13.2 Å². The normalized spacial score (nSPS) is 15.6. The lowest BCUT2D eigenvalue weighted by molar-refractivity contribution is 0.101. The summed E-state index contributed by atoms with van der Waals surface area (Å²) in [6.07, 6.45) is 3.24. The number of anilines is 1. The van der Waals surface area contributed by atoms with Crippen LogP contribution in [-0.4, -0.2) is 36.3 Å². The van der Waals surface area contributed by atoms with Gasteiger partial charge in [0.2, 0.25) is 10.0 Å². The summed E-state index contributed by atoms with van der Waals surface area (Å²) in [5, 5.41) is 2.78. The van der Waals surface area contributed by atoms with E-state index in [1.807, 2.05) is 12.1 Å². The SMILES string of the molecule is Cn1cc(S(=O)(=O)N2CCCC2)cc1C(=O)Nc1cccc(Br)c1. The minimum absolute atomic E-state index is 0.159. The third-order valence-electron chi connectivity index (χ3n) is 4.00. The minimum Gasteiger partial charge on any atom is -0.345 e. The molecule has 0 aliphatic carbocycles. The molecule has 0 bridgehead atoms. The number of amides is 1. The molecule has 1 aliphatic rings. The number of sulfonamides is 1. The summed E-state index contributed by atoms with van der Waals surface area (Å²) in [5.74, 6) is -0.349. The molecule has 1 saturated heterocycles. The van der Waals surface area contributed by atoms with Gasteiger partial charge in [-0.3, -0.25) is 4.79 Å². The number of nitrogens with zero attached hydrogens (tertiary/aromatic N) is 2. The molecule has 1 aromatic carbocycles. The molecule has 0 unspecified atom stereocenters. The number of carbonyl (C=O) groups excluding carboxylic acids is 1. The van der Waals surface area contributed by atoms with Crippen LogP contribution < -0.4 is 5.32 Å². The fourth-order valence-corrected chi connectivity index (χ4v) is 4.73. The number of rotatable bonds is 4. The van der Waals surface area contributed by atoms with Gasteiger partial charge in [-0.15, -0.1) is 0 Å². The Labute approximate surface area is 149 Å². The number of aryl methyl sites for hydroxylation is 1. The van der Waals surface area contributed by atoms with E-state index in [9.17, 15) is 13.2 Å². The number of hydrogen-bond donors (Lipinski definition) is 1. The molecule has 0 spiro atoms. The number of halogens is 1. The van der Waals surface area contributed by atoms with E-state index < -0.39 is 10.0 Å². The van der Waals surface area contributed by atoms with Gasteiger partial charge in [-0.2, -0.15) is 4.31 Å². The number of hydrogen-bond acceptors (Lipinski definition) is 3. The van der Waals surface area contributed by atoms with Gasteiger partial charge in [-0.1, -0.05) is 22.0 Å². The van der Waals surface area contributed by atoms with Crippen LogP contribution in [0.2, 0.25) is 0 Å². The molecule has 1 aliphatic heterocycles. The first kappa shape index (κ1) is 17.2. The fraction of sp³-hybridized carbons (Fsp3) is 0.312. The van der Waals surface area contributed by atoms with E-state index in [2.05, 4.69) is 21.2 Å². The Morgan fingerprint density at radius 3 is 2.58 bits per heavy atom. The second kappa shape index (κ2) is 6.70. The Morgan fingerprint density at radius 2 is 1.92 bits per heavy atom. The molecule has 6 nitrogen and oxygen atoms in total. The van der Waals surface area contributed by atoms with E-state index in [-0.39, 0.29) is 10.8 Å². The molecule has 1 amide bonds. The summed E-state index contributed by atoms with van der Waals surface area (Å²) in [5.41, 5.74) is 0.937. The standard InChI is InChI=1S/C16H18BrN3O3S/c1-19-11-14(24(22,23)20-7-2-3-8-20)10-15(19)16(21)18-13-6-4-5-12(17)9-13/h4-6,9-11H,2-3,7-8H2,1H3,(H,18,21). The van der Waals surface area contributed by atoms with Crippen LogP contribution in [0.1, 0.15) is 23.3 Å². The van der Waals surface area contributed by atoms with Crippen LogP contribution in [-0.2, 0) is 17.1 Å². The second-order valence-electron chi connectivity index (χ2n) is 5.75. The summed E-state index contributed by atoms with van der Waals surface area (Å²) in [4.78, 5) is 12.6. The molecule has 128 valence electrons. The Bertz CT molecular complexity index is 870. The summed E-state index contributed by atoms with van der Waals surface area (Å²) in [6.45, 7) is 1.08. The Balaban J connectivity index is 1.84. The summed E-state index contributed by atoms with van der Waals surface area (Å²) >= 11 is 3.35. The summed E-state index contributed by atoms with van der Waals surface area (Å²) in [7, 11) is -1.86. The largest absolute Gasteiger partial charge is 0.345 e. The van der Waals surface area contributed by atoms with Crippen LogP contribution in [0.25, 0.3) is 0 Å². The molecule has 2 aromatic rings. The molecule has 0 saturated carbocycles. The fourth-order valence-electron chi connectivity index (χ4n) is 2.74. The second-order valence-corrected chi connectivity index (χ2v) is 8.60. The van der Waals surface area contributed by atoms with Gasteiger partial charge < -0.3 is 9.88 Å². The van der Waals surface area contributed by atoms with Crippen LogP contribution in [0.4, 0.5) is 5.69 Å². The first-order valence-electron chi connectivity index (χ1n) is 7.61. The van der Waals surface area contributed by atoms with Gasteiger partial charge in [-0.25, -0.2) is 8.42 Å². The molecule has 8 heteroatoms. The van der Waals surface area contributed by atoms with Gasteiger partial charge in [0.15, 0.2) is 0 Å². The highest BCUT2D eigenvalue weighted by atomic mass is 79.9. The Kier molecular flexibility index (Phi) is 4.80. The third-order valence-corrected chi connectivity index (χ3v) is 6.36. The Hall–Kier alpha value is -1.64. The molecule has 3 rings (SSSR count). The van der Waals surface area contributed by atoms with Crippen molar-refractivity contribution in [2.45, 2.75) is 17.7 Å². The van der Waals surface area contributed by atoms with Gasteiger partial charge in [0.05, 0.1) is 0 Å². The number of aromatic nitrogens is 1. The molecular weight excluding hydrogens is 394 g/mol.